The molecule has 3 aromatic rings. The Hall–Kier alpha value is -2.72. The molecule has 0 N–H and O–H groups in total. The van der Waals surface area contributed by atoms with Gasteiger partial charge in [0.1, 0.15) is 11.0 Å². The summed E-state index contributed by atoms with van der Waals surface area (Å²) >= 11 is 0. The van der Waals surface area contributed by atoms with Gasteiger partial charge < -0.3 is 0 Å². The molecule has 0 nitrogen and oxygen atoms in total. The van der Waals surface area contributed by atoms with Gasteiger partial charge in [-0.25, -0.2) is 0 Å². The minimum Gasteiger partial charge on any atom is -0.166 e. The number of rotatable bonds is 5. The fourth-order valence-electron chi connectivity index (χ4n) is 2.48. The first kappa shape index (κ1) is 19.1. The lowest BCUT2D eigenvalue weighted by Crippen LogP contribution is -2.13. The normalized spacial score (nSPS) is 12.7. The molecule has 0 atom stereocenters. The molecule has 0 heterocycles. The van der Waals surface area contributed by atoms with Crippen molar-refractivity contribution in [3.8, 4) is 0 Å². The van der Waals surface area contributed by atoms with Crippen molar-refractivity contribution in [1.82, 2.24) is 0 Å². The van der Waals surface area contributed by atoms with Gasteiger partial charge in [0.05, 0.1) is 10.9 Å². The summed E-state index contributed by atoms with van der Waals surface area (Å²) in [4.78, 5) is 1.69. The Kier molecular flexibility index (Phi) is 6.20. The van der Waals surface area contributed by atoms with E-state index in [2.05, 4.69) is 0 Å². The van der Waals surface area contributed by atoms with E-state index in [4.69, 9.17) is 0 Å². The van der Waals surface area contributed by atoms with Crippen LogP contribution in [0.4, 0.5) is 13.2 Å². The van der Waals surface area contributed by atoms with Crippen molar-refractivity contribution in [2.24, 2.45) is 0 Å². The molecule has 0 fully saturated rings. The van der Waals surface area contributed by atoms with E-state index in [1.807, 2.05) is 66.7 Å². The predicted octanol–water partition coefficient (Wildman–Crippen LogP) is 6.88. The summed E-state index contributed by atoms with van der Waals surface area (Å²) in [6, 6.07) is 27.5. The Morgan fingerprint density at radius 2 is 1.11 bits per heavy atom. The zero-order valence-corrected chi connectivity index (χ0v) is 15.3. The van der Waals surface area contributed by atoms with Crippen molar-refractivity contribution in [2.45, 2.75) is 16.0 Å². The second kappa shape index (κ2) is 8.78. The van der Waals surface area contributed by atoms with Gasteiger partial charge in [0, 0.05) is 0 Å². The van der Waals surface area contributed by atoms with E-state index in [1.54, 1.807) is 24.3 Å². The largest absolute Gasteiger partial charge is 0.420 e. The summed E-state index contributed by atoms with van der Waals surface area (Å²) in [6.07, 6.45) is -1.78. The Balaban J connectivity index is 2.05. The van der Waals surface area contributed by atoms with E-state index in [9.17, 15) is 13.2 Å². The Labute approximate surface area is 160 Å². The molecule has 0 aliphatic heterocycles. The van der Waals surface area contributed by atoms with Crippen molar-refractivity contribution >= 4 is 17.0 Å². The lowest BCUT2D eigenvalue weighted by atomic mass is 10.2. The number of allylic oxidation sites excluding steroid dienone is 2. The van der Waals surface area contributed by atoms with Crippen LogP contribution in [0.1, 0.15) is 5.56 Å². The minimum atomic E-state index is -4.43. The number of halogens is 3. The average molecular weight is 383 g/mol. The molecule has 0 aromatic heterocycles. The molecule has 136 valence electrons. The highest BCUT2D eigenvalue weighted by atomic mass is 32.2. The van der Waals surface area contributed by atoms with Crippen LogP contribution >= 0.6 is 0 Å². The fourth-order valence-corrected chi connectivity index (χ4v) is 4.40. The van der Waals surface area contributed by atoms with Crippen molar-refractivity contribution in [1.29, 1.82) is 0 Å². The van der Waals surface area contributed by atoms with Crippen molar-refractivity contribution in [2.75, 3.05) is 0 Å². The quantitative estimate of drug-likeness (QED) is 0.333. The molecule has 0 aliphatic rings. The van der Waals surface area contributed by atoms with Crippen LogP contribution in [0.15, 0.2) is 118 Å². The van der Waals surface area contributed by atoms with Gasteiger partial charge >= 0.3 is 6.18 Å². The molecule has 0 unspecified atom stereocenters. The van der Waals surface area contributed by atoms with Crippen LogP contribution in [0.2, 0.25) is 0 Å². The van der Waals surface area contributed by atoms with Crippen molar-refractivity contribution in [3.05, 3.63) is 114 Å². The molecule has 27 heavy (non-hydrogen) atoms. The average Bonchev–Trinajstić information content (AvgIpc) is 2.69. The third kappa shape index (κ3) is 5.38. The molecule has 0 aliphatic carbocycles. The first-order chi connectivity index (χ1) is 13.0. The molecule has 0 spiro atoms. The second-order valence-corrected chi connectivity index (χ2v) is 7.63. The lowest BCUT2D eigenvalue weighted by molar-refractivity contribution is -0.0879. The van der Waals surface area contributed by atoms with Gasteiger partial charge in [-0.05, 0) is 35.9 Å². The number of benzene rings is 3. The molecule has 4 heteroatoms. The third-order valence-electron chi connectivity index (χ3n) is 3.82. The first-order valence-electron chi connectivity index (χ1n) is 8.39. The highest BCUT2D eigenvalue weighted by Crippen LogP contribution is 2.33. The van der Waals surface area contributed by atoms with Crippen LogP contribution in [0.3, 0.4) is 0 Å². The number of alkyl halides is 3. The van der Waals surface area contributed by atoms with E-state index in [1.165, 1.54) is 11.5 Å². The summed E-state index contributed by atoms with van der Waals surface area (Å²) in [5.41, 5.74) is 0.0781. The number of hydrogen-bond acceptors (Lipinski definition) is 0. The van der Waals surface area contributed by atoms with Gasteiger partial charge in [0.2, 0.25) is 0 Å². The summed E-state index contributed by atoms with van der Waals surface area (Å²) in [6.45, 7) is 0. The first-order valence-corrected chi connectivity index (χ1v) is 9.68. The summed E-state index contributed by atoms with van der Waals surface area (Å²) in [5, 5.41) is 1.32. The van der Waals surface area contributed by atoms with E-state index in [0.717, 1.165) is 21.4 Å². The van der Waals surface area contributed by atoms with E-state index in [-0.39, 0.29) is 0 Å². The van der Waals surface area contributed by atoms with E-state index in [0.29, 0.717) is 0 Å². The predicted molar refractivity (Wildman–Crippen MR) is 106 cm³/mol. The standard InChI is InChI=1S/C23H18F3S/c24-23(25,26)20(17-16-19-10-4-1-5-11-19)18-27(21-12-6-2-7-13-21)22-14-8-3-9-15-22/h1-18H/q+1/b17-16+,20-18+. The zero-order chi connectivity index (χ0) is 19.1. The molecule has 0 radical (unpaired) electrons. The van der Waals surface area contributed by atoms with Gasteiger partial charge in [-0.1, -0.05) is 72.8 Å². The smallest absolute Gasteiger partial charge is 0.166 e. The maximum absolute atomic E-state index is 13.7. The Morgan fingerprint density at radius 3 is 1.56 bits per heavy atom. The molecular weight excluding hydrogens is 365 g/mol. The molecular formula is C23H18F3S+. The van der Waals surface area contributed by atoms with Gasteiger partial charge in [-0.3, -0.25) is 0 Å². The van der Waals surface area contributed by atoms with Crippen molar-refractivity contribution < 1.29 is 13.2 Å². The second-order valence-electron chi connectivity index (χ2n) is 5.78. The van der Waals surface area contributed by atoms with E-state index >= 15 is 0 Å². The van der Waals surface area contributed by atoms with Crippen LogP contribution < -0.4 is 0 Å². The Morgan fingerprint density at radius 1 is 0.667 bits per heavy atom. The topological polar surface area (TPSA) is 0 Å². The summed E-state index contributed by atoms with van der Waals surface area (Å²) in [5.74, 6) is 0. The number of hydrogen-bond donors (Lipinski definition) is 0. The minimum absolute atomic E-state index is 0.651. The van der Waals surface area contributed by atoms with Crippen LogP contribution in [-0.4, -0.2) is 6.18 Å². The molecule has 0 bridgehead atoms. The van der Waals surface area contributed by atoms with Gasteiger partial charge in [-0.15, -0.1) is 0 Å². The summed E-state index contributed by atoms with van der Waals surface area (Å²) in [7, 11) is -0.819. The Bertz CT molecular complexity index is 859. The van der Waals surface area contributed by atoms with Crippen LogP contribution in [0.25, 0.3) is 6.08 Å². The van der Waals surface area contributed by atoms with Crippen LogP contribution in [0, 0.1) is 0 Å². The van der Waals surface area contributed by atoms with Gasteiger partial charge in [0.15, 0.2) is 9.79 Å². The van der Waals surface area contributed by atoms with E-state index < -0.39 is 22.6 Å². The molecule has 3 rings (SSSR count). The highest BCUT2D eigenvalue weighted by Gasteiger charge is 2.36. The molecule has 3 aromatic carbocycles. The SMILES string of the molecule is FC(F)(F)C(/C=C/c1ccccc1)=C/[S+](c1ccccc1)c1ccccc1. The van der Waals surface area contributed by atoms with Crippen LogP contribution in [0.5, 0.6) is 0 Å². The molecule has 0 amide bonds. The van der Waals surface area contributed by atoms with Gasteiger partial charge in [0.25, 0.3) is 0 Å². The highest BCUT2D eigenvalue weighted by molar-refractivity contribution is 7.99. The maximum Gasteiger partial charge on any atom is 0.420 e. The zero-order valence-electron chi connectivity index (χ0n) is 14.4. The van der Waals surface area contributed by atoms with Crippen molar-refractivity contribution in [3.63, 3.8) is 0 Å². The molecule has 0 saturated carbocycles. The fraction of sp³-hybridized carbons (Fsp3) is 0.0435. The summed E-state index contributed by atoms with van der Waals surface area (Å²) < 4.78 is 41.1. The monoisotopic (exact) mass is 383 g/mol. The lowest BCUT2D eigenvalue weighted by Gasteiger charge is -2.09. The molecule has 0 saturated heterocycles. The van der Waals surface area contributed by atoms with Gasteiger partial charge in [-0.2, -0.15) is 13.2 Å². The van der Waals surface area contributed by atoms with Crippen LogP contribution in [-0.2, 0) is 10.9 Å². The maximum atomic E-state index is 13.7. The third-order valence-corrected chi connectivity index (χ3v) is 5.87.